The molecule has 0 radical (unpaired) electrons. The van der Waals surface area contributed by atoms with Crippen molar-refractivity contribution in [2.45, 2.75) is 18.4 Å². The SMILES string of the molecule is COc1cc(O)c(C2(O)CC2)cc1F. The molecular formula is C10H11FO3. The molecule has 0 spiro atoms. The zero-order valence-electron chi connectivity index (χ0n) is 7.75. The van der Waals surface area contributed by atoms with E-state index >= 15 is 0 Å². The monoisotopic (exact) mass is 198 g/mol. The Morgan fingerprint density at radius 3 is 2.57 bits per heavy atom. The number of halogens is 1. The topological polar surface area (TPSA) is 49.7 Å². The first-order valence-corrected chi connectivity index (χ1v) is 4.36. The molecule has 0 bridgehead atoms. The van der Waals surface area contributed by atoms with Gasteiger partial charge in [0.05, 0.1) is 12.7 Å². The van der Waals surface area contributed by atoms with Crippen LogP contribution < -0.4 is 4.74 Å². The summed E-state index contributed by atoms with van der Waals surface area (Å²) in [5.74, 6) is -0.709. The summed E-state index contributed by atoms with van der Waals surface area (Å²) in [5.41, 5.74) is -0.784. The van der Waals surface area contributed by atoms with E-state index in [4.69, 9.17) is 4.74 Å². The molecule has 4 heteroatoms. The van der Waals surface area contributed by atoms with Crippen molar-refractivity contribution in [1.29, 1.82) is 0 Å². The summed E-state index contributed by atoms with van der Waals surface area (Å²) in [6.45, 7) is 0. The second-order valence-electron chi connectivity index (χ2n) is 3.54. The molecule has 0 aliphatic heterocycles. The lowest BCUT2D eigenvalue weighted by molar-refractivity contribution is 0.147. The summed E-state index contributed by atoms with van der Waals surface area (Å²) in [7, 11) is 1.32. The molecule has 0 amide bonds. The highest BCUT2D eigenvalue weighted by molar-refractivity contribution is 5.45. The molecule has 0 aromatic heterocycles. The third-order valence-corrected chi connectivity index (χ3v) is 2.50. The fourth-order valence-electron chi connectivity index (χ4n) is 1.46. The number of aliphatic hydroxyl groups is 1. The van der Waals surface area contributed by atoms with Crippen molar-refractivity contribution in [2.75, 3.05) is 7.11 Å². The molecule has 0 atom stereocenters. The van der Waals surface area contributed by atoms with Gasteiger partial charge in [0.25, 0.3) is 0 Å². The van der Waals surface area contributed by atoms with Crippen LogP contribution in [0.2, 0.25) is 0 Å². The van der Waals surface area contributed by atoms with Crippen LogP contribution in [-0.4, -0.2) is 17.3 Å². The van der Waals surface area contributed by atoms with Crippen LogP contribution in [0.25, 0.3) is 0 Å². The van der Waals surface area contributed by atoms with Gasteiger partial charge in [-0.1, -0.05) is 0 Å². The molecule has 76 valence electrons. The van der Waals surface area contributed by atoms with E-state index in [1.54, 1.807) is 0 Å². The van der Waals surface area contributed by atoms with Crippen LogP contribution in [0.1, 0.15) is 18.4 Å². The third kappa shape index (κ3) is 1.32. The summed E-state index contributed by atoms with van der Waals surface area (Å²) in [6, 6.07) is 2.31. The van der Waals surface area contributed by atoms with Crippen LogP contribution in [0.4, 0.5) is 4.39 Å². The van der Waals surface area contributed by atoms with Crippen LogP contribution in [-0.2, 0) is 5.60 Å². The highest BCUT2D eigenvalue weighted by Gasteiger charge is 2.44. The van der Waals surface area contributed by atoms with Crippen molar-refractivity contribution >= 4 is 0 Å². The Kier molecular flexibility index (Phi) is 1.89. The molecule has 1 saturated carbocycles. The standard InChI is InChI=1S/C10H11FO3/c1-14-9-5-8(12)6(4-7(9)11)10(13)2-3-10/h4-5,12-13H,2-3H2,1H3. The van der Waals surface area contributed by atoms with Crippen molar-refractivity contribution in [3.63, 3.8) is 0 Å². The van der Waals surface area contributed by atoms with Crippen LogP contribution in [0.3, 0.4) is 0 Å². The Bertz CT molecular complexity index is 372. The Morgan fingerprint density at radius 2 is 2.07 bits per heavy atom. The van der Waals surface area contributed by atoms with Crippen LogP contribution in [0.5, 0.6) is 11.5 Å². The minimum absolute atomic E-state index is 0.0181. The second-order valence-corrected chi connectivity index (χ2v) is 3.54. The van der Waals surface area contributed by atoms with Crippen LogP contribution in [0, 0.1) is 5.82 Å². The average molecular weight is 198 g/mol. The molecule has 1 fully saturated rings. The predicted octanol–water partition coefficient (Wildman–Crippen LogP) is 1.52. The minimum Gasteiger partial charge on any atom is -0.507 e. The van der Waals surface area contributed by atoms with E-state index in [1.807, 2.05) is 0 Å². The van der Waals surface area contributed by atoms with Gasteiger partial charge in [0, 0.05) is 11.6 Å². The molecule has 3 nitrogen and oxygen atoms in total. The summed E-state index contributed by atoms with van der Waals surface area (Å²) in [6.07, 6.45) is 1.12. The largest absolute Gasteiger partial charge is 0.507 e. The van der Waals surface area contributed by atoms with E-state index in [2.05, 4.69) is 0 Å². The molecular weight excluding hydrogens is 187 g/mol. The molecule has 1 aromatic rings. The fraction of sp³-hybridized carbons (Fsp3) is 0.400. The Labute approximate surface area is 80.8 Å². The average Bonchev–Trinajstić information content (AvgIpc) is 2.88. The molecule has 14 heavy (non-hydrogen) atoms. The molecule has 2 rings (SSSR count). The number of phenolic OH excluding ortho intramolecular Hbond substituents is 1. The first-order chi connectivity index (χ1) is 6.57. The summed E-state index contributed by atoms with van der Waals surface area (Å²) in [5, 5.41) is 19.2. The summed E-state index contributed by atoms with van der Waals surface area (Å²) in [4.78, 5) is 0. The maximum Gasteiger partial charge on any atom is 0.165 e. The molecule has 0 heterocycles. The number of ether oxygens (including phenoxy) is 1. The number of benzene rings is 1. The first kappa shape index (κ1) is 9.27. The Morgan fingerprint density at radius 1 is 1.43 bits per heavy atom. The van der Waals surface area contributed by atoms with Crippen LogP contribution in [0.15, 0.2) is 12.1 Å². The van der Waals surface area contributed by atoms with Gasteiger partial charge in [0.15, 0.2) is 11.6 Å². The number of methoxy groups -OCH3 is 1. The van der Waals surface area contributed by atoms with Gasteiger partial charge in [-0.05, 0) is 18.9 Å². The Hall–Kier alpha value is -1.29. The molecule has 1 aliphatic rings. The maximum atomic E-state index is 13.2. The normalized spacial score (nSPS) is 17.9. The smallest absolute Gasteiger partial charge is 0.165 e. The van der Waals surface area contributed by atoms with Gasteiger partial charge in [-0.2, -0.15) is 0 Å². The zero-order valence-corrected chi connectivity index (χ0v) is 7.75. The van der Waals surface area contributed by atoms with Gasteiger partial charge >= 0.3 is 0 Å². The van der Waals surface area contributed by atoms with E-state index in [1.165, 1.54) is 13.2 Å². The Balaban J connectivity index is 2.48. The highest BCUT2D eigenvalue weighted by Crippen LogP contribution is 2.49. The van der Waals surface area contributed by atoms with E-state index in [9.17, 15) is 14.6 Å². The van der Waals surface area contributed by atoms with Gasteiger partial charge in [-0.25, -0.2) is 4.39 Å². The zero-order chi connectivity index (χ0) is 10.3. The third-order valence-electron chi connectivity index (χ3n) is 2.50. The van der Waals surface area contributed by atoms with Crippen LogP contribution >= 0.6 is 0 Å². The van der Waals surface area contributed by atoms with E-state index in [0.29, 0.717) is 12.8 Å². The van der Waals surface area contributed by atoms with Crippen molar-refractivity contribution in [3.05, 3.63) is 23.5 Å². The molecule has 0 unspecified atom stereocenters. The second kappa shape index (κ2) is 2.85. The number of hydrogen-bond acceptors (Lipinski definition) is 3. The van der Waals surface area contributed by atoms with E-state index in [-0.39, 0.29) is 17.1 Å². The van der Waals surface area contributed by atoms with E-state index < -0.39 is 11.4 Å². The van der Waals surface area contributed by atoms with Gasteiger partial charge in [-0.3, -0.25) is 0 Å². The molecule has 1 aromatic carbocycles. The van der Waals surface area contributed by atoms with Crippen molar-refractivity contribution in [1.82, 2.24) is 0 Å². The lowest BCUT2D eigenvalue weighted by Gasteiger charge is -2.12. The predicted molar refractivity (Wildman–Crippen MR) is 47.7 cm³/mol. The van der Waals surface area contributed by atoms with E-state index in [0.717, 1.165) is 6.07 Å². The number of phenols is 1. The van der Waals surface area contributed by atoms with Crippen molar-refractivity contribution in [2.24, 2.45) is 0 Å². The molecule has 0 saturated heterocycles. The highest BCUT2D eigenvalue weighted by atomic mass is 19.1. The van der Waals surface area contributed by atoms with Gasteiger partial charge in [-0.15, -0.1) is 0 Å². The van der Waals surface area contributed by atoms with Gasteiger partial charge in [0.2, 0.25) is 0 Å². The maximum absolute atomic E-state index is 13.2. The first-order valence-electron chi connectivity index (χ1n) is 4.36. The molecule has 1 aliphatic carbocycles. The fourth-order valence-corrected chi connectivity index (χ4v) is 1.46. The van der Waals surface area contributed by atoms with Gasteiger partial charge in [0.1, 0.15) is 5.75 Å². The summed E-state index contributed by atoms with van der Waals surface area (Å²) < 4.78 is 17.9. The number of aromatic hydroxyl groups is 1. The number of rotatable bonds is 2. The minimum atomic E-state index is -1.03. The lowest BCUT2D eigenvalue weighted by atomic mass is 10.1. The van der Waals surface area contributed by atoms with Crippen molar-refractivity contribution < 1.29 is 19.3 Å². The summed E-state index contributed by atoms with van der Waals surface area (Å²) >= 11 is 0. The molecule has 2 N–H and O–H groups in total. The van der Waals surface area contributed by atoms with Gasteiger partial charge < -0.3 is 14.9 Å². The lowest BCUT2D eigenvalue weighted by Crippen LogP contribution is -2.05. The quantitative estimate of drug-likeness (QED) is 0.757. The van der Waals surface area contributed by atoms with Crippen molar-refractivity contribution in [3.8, 4) is 11.5 Å². The number of hydrogen-bond donors (Lipinski definition) is 2.